The van der Waals surface area contributed by atoms with Crippen LogP contribution in [0.15, 0.2) is 79.0 Å². The Hall–Kier alpha value is -3.59. The molecule has 4 aromatic rings. The number of pyridine rings is 1. The van der Waals surface area contributed by atoms with Gasteiger partial charge in [0, 0.05) is 11.6 Å². The van der Waals surface area contributed by atoms with Crippen LogP contribution in [0.3, 0.4) is 0 Å². The van der Waals surface area contributed by atoms with Gasteiger partial charge in [0.1, 0.15) is 17.0 Å². The van der Waals surface area contributed by atoms with Gasteiger partial charge in [-0.05, 0) is 46.5 Å². The minimum atomic E-state index is 0.191. The van der Waals surface area contributed by atoms with Crippen molar-refractivity contribution in [2.45, 2.75) is 0 Å². The zero-order chi connectivity index (χ0) is 17.9. The molecule has 0 atom stereocenters. The second-order valence-electron chi connectivity index (χ2n) is 6.08. The molecule has 0 saturated heterocycles. The summed E-state index contributed by atoms with van der Waals surface area (Å²) < 4.78 is 0. The third kappa shape index (κ3) is 3.15. The zero-order valence-corrected chi connectivity index (χ0v) is 14.0. The van der Waals surface area contributed by atoms with Gasteiger partial charge in [-0.3, -0.25) is 4.98 Å². The second-order valence-corrected chi connectivity index (χ2v) is 6.08. The third-order valence-electron chi connectivity index (χ3n) is 4.35. The quantitative estimate of drug-likeness (QED) is 0.486. The Morgan fingerprint density at radius 3 is 2.12 bits per heavy atom. The number of fused-ring (bicyclic) bond motifs is 1. The number of rotatable bonds is 3. The van der Waals surface area contributed by atoms with E-state index in [9.17, 15) is 10.2 Å². The molecule has 126 valence electrons. The van der Waals surface area contributed by atoms with Crippen LogP contribution in [0, 0.1) is 0 Å². The fourth-order valence-electron chi connectivity index (χ4n) is 2.95. The number of hydrogen-bond acceptors (Lipinski definition) is 3. The van der Waals surface area contributed by atoms with Crippen LogP contribution in [-0.4, -0.2) is 15.2 Å². The smallest absolute Gasteiger partial charge is 0.141 e. The maximum atomic E-state index is 9.93. The number of aromatic hydroxyl groups is 2. The Morgan fingerprint density at radius 1 is 0.692 bits per heavy atom. The fraction of sp³-hybridized carbons (Fsp3) is 0. The first-order valence-corrected chi connectivity index (χ1v) is 8.35. The molecule has 4 rings (SSSR count). The lowest BCUT2D eigenvalue weighted by Gasteiger charge is -2.04. The van der Waals surface area contributed by atoms with Gasteiger partial charge in [-0.1, -0.05) is 60.7 Å². The van der Waals surface area contributed by atoms with Gasteiger partial charge in [0.15, 0.2) is 0 Å². The molecule has 0 saturated carbocycles. The van der Waals surface area contributed by atoms with Gasteiger partial charge >= 0.3 is 0 Å². The van der Waals surface area contributed by atoms with E-state index in [1.54, 1.807) is 24.4 Å². The normalized spacial score (nSPS) is 11.2. The van der Waals surface area contributed by atoms with Gasteiger partial charge in [-0.15, -0.1) is 0 Å². The predicted octanol–water partition coefficient (Wildman–Crippen LogP) is 5.48. The van der Waals surface area contributed by atoms with Crippen molar-refractivity contribution in [2.75, 3.05) is 0 Å². The largest absolute Gasteiger partial charge is 0.508 e. The predicted molar refractivity (Wildman–Crippen MR) is 106 cm³/mol. The second kappa shape index (κ2) is 6.73. The van der Waals surface area contributed by atoms with Crippen molar-refractivity contribution in [1.82, 2.24) is 4.98 Å². The van der Waals surface area contributed by atoms with E-state index in [2.05, 4.69) is 29.2 Å². The van der Waals surface area contributed by atoms with Crippen molar-refractivity contribution in [1.29, 1.82) is 0 Å². The average molecular weight is 339 g/mol. The molecule has 1 heterocycles. The summed E-state index contributed by atoms with van der Waals surface area (Å²) in [4.78, 5) is 4.25. The first kappa shape index (κ1) is 15.9. The molecule has 0 aliphatic heterocycles. The minimum absolute atomic E-state index is 0.191. The van der Waals surface area contributed by atoms with E-state index in [0.717, 1.165) is 27.6 Å². The van der Waals surface area contributed by atoms with E-state index >= 15 is 0 Å². The van der Waals surface area contributed by atoms with Crippen molar-refractivity contribution >= 4 is 23.1 Å². The molecule has 0 amide bonds. The van der Waals surface area contributed by atoms with Crippen molar-refractivity contribution in [2.24, 2.45) is 0 Å². The molecule has 0 radical (unpaired) electrons. The molecule has 3 heteroatoms. The van der Waals surface area contributed by atoms with Gasteiger partial charge in [-0.25, -0.2) is 0 Å². The highest BCUT2D eigenvalue weighted by molar-refractivity contribution is 5.93. The standard InChI is InChI=1S/C23H17NO2/c25-20-12-9-18(10-13-20)17-6-3-16(4-7-17)5-8-19-11-14-22(26)23-21(19)2-1-15-24-23/h1-15,25-26H. The molecule has 0 unspecified atom stereocenters. The van der Waals surface area contributed by atoms with Crippen LogP contribution in [0.2, 0.25) is 0 Å². The Kier molecular flexibility index (Phi) is 4.12. The van der Waals surface area contributed by atoms with Crippen molar-refractivity contribution in [3.05, 3.63) is 90.1 Å². The van der Waals surface area contributed by atoms with Gasteiger partial charge < -0.3 is 10.2 Å². The van der Waals surface area contributed by atoms with E-state index in [4.69, 9.17) is 0 Å². The molecule has 0 aliphatic rings. The summed E-state index contributed by atoms with van der Waals surface area (Å²) in [5.41, 5.74) is 4.86. The summed E-state index contributed by atoms with van der Waals surface area (Å²) in [6, 6.07) is 22.8. The number of hydrogen-bond donors (Lipinski definition) is 2. The molecule has 1 aromatic heterocycles. The van der Waals surface area contributed by atoms with E-state index in [-0.39, 0.29) is 11.5 Å². The van der Waals surface area contributed by atoms with E-state index in [0.29, 0.717) is 5.52 Å². The number of phenolic OH excluding ortho intramolecular Hbond substituents is 2. The maximum Gasteiger partial charge on any atom is 0.141 e. The van der Waals surface area contributed by atoms with Crippen molar-refractivity contribution < 1.29 is 10.2 Å². The fourth-order valence-corrected chi connectivity index (χ4v) is 2.95. The van der Waals surface area contributed by atoms with Crippen LogP contribution in [0.4, 0.5) is 0 Å². The van der Waals surface area contributed by atoms with Gasteiger partial charge in [0.05, 0.1) is 0 Å². The summed E-state index contributed by atoms with van der Waals surface area (Å²) in [6.07, 6.45) is 5.75. The van der Waals surface area contributed by atoms with E-state index < -0.39 is 0 Å². The molecule has 3 nitrogen and oxygen atoms in total. The number of benzene rings is 3. The van der Waals surface area contributed by atoms with Crippen LogP contribution in [0.1, 0.15) is 11.1 Å². The lowest BCUT2D eigenvalue weighted by atomic mass is 10.0. The summed E-state index contributed by atoms with van der Waals surface area (Å²) in [6.45, 7) is 0. The molecule has 3 aromatic carbocycles. The van der Waals surface area contributed by atoms with Gasteiger partial charge in [0.2, 0.25) is 0 Å². The highest BCUT2D eigenvalue weighted by Gasteiger charge is 2.03. The maximum absolute atomic E-state index is 9.93. The van der Waals surface area contributed by atoms with Crippen LogP contribution in [-0.2, 0) is 0 Å². The molecular weight excluding hydrogens is 322 g/mol. The van der Waals surface area contributed by atoms with Crippen LogP contribution < -0.4 is 0 Å². The highest BCUT2D eigenvalue weighted by atomic mass is 16.3. The van der Waals surface area contributed by atoms with E-state index in [1.165, 1.54) is 0 Å². The summed E-state index contributed by atoms with van der Waals surface area (Å²) in [5.74, 6) is 0.458. The Labute approximate surface area is 151 Å². The molecule has 0 fully saturated rings. The summed E-state index contributed by atoms with van der Waals surface area (Å²) >= 11 is 0. The Morgan fingerprint density at radius 2 is 1.38 bits per heavy atom. The number of nitrogens with zero attached hydrogens (tertiary/aromatic N) is 1. The SMILES string of the molecule is Oc1ccc(-c2ccc(C=Cc3ccc(O)c4ncccc34)cc2)cc1. The van der Waals surface area contributed by atoms with Crippen LogP contribution >= 0.6 is 0 Å². The van der Waals surface area contributed by atoms with E-state index in [1.807, 2.05) is 42.5 Å². The van der Waals surface area contributed by atoms with Crippen LogP contribution in [0.25, 0.3) is 34.2 Å². The monoisotopic (exact) mass is 339 g/mol. The molecule has 0 aliphatic carbocycles. The molecular formula is C23H17NO2. The lowest BCUT2D eigenvalue weighted by Crippen LogP contribution is -1.83. The van der Waals surface area contributed by atoms with Gasteiger partial charge in [-0.2, -0.15) is 0 Å². The van der Waals surface area contributed by atoms with Crippen molar-refractivity contribution in [3.8, 4) is 22.6 Å². The minimum Gasteiger partial charge on any atom is -0.508 e. The first-order chi connectivity index (χ1) is 12.7. The number of aromatic nitrogens is 1. The highest BCUT2D eigenvalue weighted by Crippen LogP contribution is 2.27. The molecule has 2 N–H and O–H groups in total. The summed E-state index contributed by atoms with van der Waals surface area (Å²) in [7, 11) is 0. The first-order valence-electron chi connectivity index (χ1n) is 8.35. The van der Waals surface area contributed by atoms with Crippen molar-refractivity contribution in [3.63, 3.8) is 0 Å². The zero-order valence-electron chi connectivity index (χ0n) is 14.0. The molecule has 26 heavy (non-hydrogen) atoms. The topological polar surface area (TPSA) is 53.4 Å². The Balaban J connectivity index is 1.62. The number of phenols is 2. The summed E-state index contributed by atoms with van der Waals surface area (Å²) in [5, 5.41) is 20.2. The van der Waals surface area contributed by atoms with Gasteiger partial charge in [0.25, 0.3) is 0 Å². The Bertz CT molecular complexity index is 1080. The lowest BCUT2D eigenvalue weighted by molar-refractivity contribution is 0.475. The molecule has 0 bridgehead atoms. The third-order valence-corrected chi connectivity index (χ3v) is 4.35. The van der Waals surface area contributed by atoms with Crippen LogP contribution in [0.5, 0.6) is 11.5 Å². The average Bonchev–Trinajstić information content (AvgIpc) is 2.69. The molecule has 0 spiro atoms.